The molecule has 0 atom stereocenters. The fraction of sp³-hybridized carbons (Fsp3) is 0.471. The Hall–Kier alpha value is -1.86. The van der Waals surface area contributed by atoms with Crippen LogP contribution in [0.15, 0.2) is 18.2 Å². The van der Waals surface area contributed by atoms with Crippen LogP contribution in [0.5, 0.6) is 0 Å². The van der Waals surface area contributed by atoms with Crippen LogP contribution in [0.25, 0.3) is 0 Å². The van der Waals surface area contributed by atoms with Gasteiger partial charge in [0.15, 0.2) is 0 Å². The average molecular weight is 291 g/mol. The van der Waals surface area contributed by atoms with Crippen molar-refractivity contribution in [3.8, 4) is 11.8 Å². The molecule has 0 radical (unpaired) electrons. The minimum Gasteiger partial charge on any atom is -0.384 e. The average Bonchev–Trinajstić information content (AvgIpc) is 2.51. The van der Waals surface area contributed by atoms with Gasteiger partial charge in [-0.1, -0.05) is 32.6 Å². The second-order valence-corrected chi connectivity index (χ2v) is 4.95. The SMILES string of the molecule is CCC(CC)(CC)NC(=O)c1ccc(C#CCO)c(F)c1. The molecule has 0 bridgehead atoms. The van der Waals surface area contributed by atoms with E-state index in [1.807, 2.05) is 20.8 Å². The highest BCUT2D eigenvalue weighted by atomic mass is 19.1. The number of hydrogen-bond donors (Lipinski definition) is 2. The number of aliphatic hydroxyl groups is 1. The van der Waals surface area contributed by atoms with Gasteiger partial charge >= 0.3 is 0 Å². The van der Waals surface area contributed by atoms with Crippen LogP contribution in [0.1, 0.15) is 56.0 Å². The molecule has 0 fully saturated rings. The van der Waals surface area contributed by atoms with Crippen molar-refractivity contribution in [2.24, 2.45) is 0 Å². The van der Waals surface area contributed by atoms with Crippen molar-refractivity contribution in [3.63, 3.8) is 0 Å². The number of amides is 1. The first kappa shape index (κ1) is 17.2. The van der Waals surface area contributed by atoms with Gasteiger partial charge in [-0.3, -0.25) is 4.79 Å². The van der Waals surface area contributed by atoms with Crippen molar-refractivity contribution >= 4 is 5.91 Å². The highest BCUT2D eigenvalue weighted by molar-refractivity contribution is 5.94. The molecular formula is C17H22FNO2. The summed E-state index contributed by atoms with van der Waals surface area (Å²) < 4.78 is 13.8. The van der Waals surface area contributed by atoms with E-state index in [4.69, 9.17) is 5.11 Å². The molecule has 1 aromatic carbocycles. The summed E-state index contributed by atoms with van der Waals surface area (Å²) in [4.78, 5) is 12.3. The first-order chi connectivity index (χ1) is 10.0. The van der Waals surface area contributed by atoms with E-state index in [0.717, 1.165) is 19.3 Å². The van der Waals surface area contributed by atoms with Crippen molar-refractivity contribution in [3.05, 3.63) is 35.1 Å². The maximum atomic E-state index is 13.8. The number of nitrogens with one attached hydrogen (secondary N) is 1. The molecule has 0 aliphatic rings. The van der Waals surface area contributed by atoms with Crippen LogP contribution in [0.4, 0.5) is 4.39 Å². The van der Waals surface area contributed by atoms with E-state index in [0.29, 0.717) is 0 Å². The lowest BCUT2D eigenvalue weighted by molar-refractivity contribution is 0.0887. The second kappa shape index (κ2) is 7.80. The van der Waals surface area contributed by atoms with Crippen LogP contribution in [0, 0.1) is 17.7 Å². The van der Waals surface area contributed by atoms with Crippen LogP contribution in [-0.2, 0) is 0 Å². The molecule has 114 valence electrons. The van der Waals surface area contributed by atoms with Crippen LogP contribution in [0.2, 0.25) is 0 Å². The molecule has 0 saturated carbocycles. The molecule has 1 aromatic rings. The fourth-order valence-corrected chi connectivity index (χ4v) is 2.22. The number of benzene rings is 1. The minimum absolute atomic E-state index is 0.174. The highest BCUT2D eigenvalue weighted by Gasteiger charge is 2.26. The number of halogens is 1. The molecule has 0 saturated heterocycles. The topological polar surface area (TPSA) is 49.3 Å². The highest BCUT2D eigenvalue weighted by Crippen LogP contribution is 2.20. The predicted octanol–water partition coefficient (Wildman–Crippen LogP) is 2.87. The molecule has 0 aliphatic carbocycles. The van der Waals surface area contributed by atoms with Gasteiger partial charge < -0.3 is 10.4 Å². The van der Waals surface area contributed by atoms with Gasteiger partial charge in [-0.25, -0.2) is 4.39 Å². The number of hydrogen-bond acceptors (Lipinski definition) is 2. The van der Waals surface area contributed by atoms with Gasteiger partial charge in [0.1, 0.15) is 12.4 Å². The molecule has 1 rings (SSSR count). The molecule has 2 N–H and O–H groups in total. The van der Waals surface area contributed by atoms with Crippen molar-refractivity contribution < 1.29 is 14.3 Å². The quantitative estimate of drug-likeness (QED) is 0.820. The summed E-state index contributed by atoms with van der Waals surface area (Å²) in [7, 11) is 0. The third-order valence-corrected chi connectivity index (χ3v) is 3.94. The zero-order valence-corrected chi connectivity index (χ0v) is 12.8. The molecule has 0 unspecified atom stereocenters. The second-order valence-electron chi connectivity index (χ2n) is 4.95. The summed E-state index contributed by atoms with van der Waals surface area (Å²) in [5, 5.41) is 11.6. The zero-order chi connectivity index (χ0) is 15.9. The van der Waals surface area contributed by atoms with E-state index in [-0.39, 0.29) is 29.2 Å². The predicted molar refractivity (Wildman–Crippen MR) is 81.4 cm³/mol. The van der Waals surface area contributed by atoms with Crippen LogP contribution >= 0.6 is 0 Å². The van der Waals surface area contributed by atoms with Gasteiger partial charge in [0.2, 0.25) is 0 Å². The number of aliphatic hydroxyl groups excluding tert-OH is 1. The molecular weight excluding hydrogens is 269 g/mol. The lowest BCUT2D eigenvalue weighted by Crippen LogP contribution is -2.47. The van der Waals surface area contributed by atoms with E-state index in [2.05, 4.69) is 17.2 Å². The van der Waals surface area contributed by atoms with E-state index < -0.39 is 5.82 Å². The lowest BCUT2D eigenvalue weighted by atomic mass is 9.89. The van der Waals surface area contributed by atoms with E-state index in [1.165, 1.54) is 12.1 Å². The van der Waals surface area contributed by atoms with E-state index in [9.17, 15) is 9.18 Å². The van der Waals surface area contributed by atoms with E-state index >= 15 is 0 Å². The minimum atomic E-state index is -0.557. The van der Waals surface area contributed by atoms with Crippen molar-refractivity contribution in [2.45, 2.75) is 45.6 Å². The molecule has 4 heteroatoms. The lowest BCUT2D eigenvalue weighted by Gasteiger charge is -2.31. The zero-order valence-electron chi connectivity index (χ0n) is 12.8. The van der Waals surface area contributed by atoms with Crippen LogP contribution in [0.3, 0.4) is 0 Å². The maximum Gasteiger partial charge on any atom is 0.251 e. The maximum absolute atomic E-state index is 13.8. The Morgan fingerprint density at radius 3 is 2.38 bits per heavy atom. The van der Waals surface area contributed by atoms with E-state index in [1.54, 1.807) is 6.07 Å². The Bertz CT molecular complexity index is 545. The Morgan fingerprint density at radius 1 is 1.29 bits per heavy atom. The third kappa shape index (κ3) is 4.30. The third-order valence-electron chi connectivity index (χ3n) is 3.94. The van der Waals surface area contributed by atoms with Crippen molar-refractivity contribution in [2.75, 3.05) is 6.61 Å². The molecule has 0 heterocycles. The molecule has 21 heavy (non-hydrogen) atoms. The number of carbonyl (C=O) groups excluding carboxylic acids is 1. The van der Waals surface area contributed by atoms with Gasteiger partial charge in [0, 0.05) is 11.1 Å². The normalized spacial score (nSPS) is 10.7. The van der Waals surface area contributed by atoms with Gasteiger partial charge in [0.05, 0.1) is 5.56 Å². The first-order valence-electron chi connectivity index (χ1n) is 7.23. The Balaban J connectivity index is 2.96. The van der Waals surface area contributed by atoms with Crippen molar-refractivity contribution in [1.82, 2.24) is 5.32 Å². The smallest absolute Gasteiger partial charge is 0.251 e. The molecule has 3 nitrogen and oxygen atoms in total. The Labute approximate surface area is 125 Å². The van der Waals surface area contributed by atoms with Crippen LogP contribution < -0.4 is 5.32 Å². The molecule has 1 amide bonds. The molecule has 0 aromatic heterocycles. The standard InChI is InChI=1S/C17H22FNO2/c1-4-17(5-2,6-3)19-16(21)14-10-9-13(8-7-11-20)15(18)12-14/h9-10,12,20H,4-6,11H2,1-3H3,(H,19,21). The summed E-state index contributed by atoms with van der Waals surface area (Å²) in [5.41, 5.74) is 0.207. The molecule has 0 aliphatic heterocycles. The summed E-state index contributed by atoms with van der Waals surface area (Å²) in [6.45, 7) is 5.76. The summed E-state index contributed by atoms with van der Waals surface area (Å²) in [6, 6.07) is 4.19. The number of carbonyl (C=O) groups is 1. The number of rotatable bonds is 5. The summed E-state index contributed by atoms with van der Waals surface area (Å²) in [6.07, 6.45) is 2.48. The van der Waals surface area contributed by atoms with Gasteiger partial charge in [0.25, 0.3) is 5.91 Å². The Morgan fingerprint density at radius 2 is 1.90 bits per heavy atom. The van der Waals surface area contributed by atoms with Crippen molar-refractivity contribution in [1.29, 1.82) is 0 Å². The molecule has 0 spiro atoms. The monoisotopic (exact) mass is 291 g/mol. The Kier molecular flexibility index (Phi) is 6.39. The van der Waals surface area contributed by atoms with Gasteiger partial charge in [-0.15, -0.1) is 0 Å². The largest absolute Gasteiger partial charge is 0.384 e. The fourth-order valence-electron chi connectivity index (χ4n) is 2.22. The van der Waals surface area contributed by atoms with Gasteiger partial charge in [-0.05, 0) is 37.5 Å². The summed E-state index contributed by atoms with van der Waals surface area (Å²) in [5.74, 6) is 4.06. The summed E-state index contributed by atoms with van der Waals surface area (Å²) >= 11 is 0. The van der Waals surface area contributed by atoms with Gasteiger partial charge in [-0.2, -0.15) is 0 Å². The van der Waals surface area contributed by atoms with Crippen LogP contribution in [-0.4, -0.2) is 23.2 Å². The first-order valence-corrected chi connectivity index (χ1v) is 7.23.